The number of amides is 6. The van der Waals surface area contributed by atoms with E-state index >= 15 is 0 Å². The first kappa shape index (κ1) is 62.6. The zero-order valence-corrected chi connectivity index (χ0v) is 47.6. The molecule has 0 radical (unpaired) electrons. The molecule has 2 atom stereocenters. The van der Waals surface area contributed by atoms with Crippen molar-refractivity contribution in [1.29, 1.82) is 0 Å². The number of anilines is 6. The van der Waals surface area contributed by atoms with E-state index < -0.39 is 0 Å². The van der Waals surface area contributed by atoms with Crippen molar-refractivity contribution in [3.63, 3.8) is 0 Å². The molecule has 0 spiro atoms. The van der Waals surface area contributed by atoms with Crippen molar-refractivity contribution in [1.82, 2.24) is 44.9 Å². The molecular formula is C60H73N15O6. The summed E-state index contributed by atoms with van der Waals surface area (Å²) in [6.45, 7) is 17.1. The molecule has 3 aromatic heterocycles. The van der Waals surface area contributed by atoms with Crippen LogP contribution in [0, 0.1) is 46.5 Å². The Morgan fingerprint density at radius 3 is 1.01 bits per heavy atom. The van der Waals surface area contributed by atoms with Crippen LogP contribution >= 0.6 is 0 Å². The smallest absolute Gasteiger partial charge is 0.258 e. The fraction of sp³-hybridized carbons (Fsp3) is 0.350. The second-order valence-electron chi connectivity index (χ2n) is 19.1. The first-order valence-corrected chi connectivity index (χ1v) is 27.2. The first-order chi connectivity index (χ1) is 38.9. The van der Waals surface area contributed by atoms with Crippen LogP contribution in [0.15, 0.2) is 109 Å². The van der Waals surface area contributed by atoms with Gasteiger partial charge in [-0.05, 0) is 95.7 Å². The highest BCUT2D eigenvalue weighted by atomic mass is 16.2. The molecule has 7 rings (SSSR count). The molecule has 0 saturated heterocycles. The molecule has 6 amide bonds. The Morgan fingerprint density at radius 1 is 0.383 bits per heavy atom. The van der Waals surface area contributed by atoms with Gasteiger partial charge in [-0.25, -0.2) is 0 Å². The third-order valence-electron chi connectivity index (χ3n) is 12.2. The zero-order valence-electron chi connectivity index (χ0n) is 47.6. The molecular weight excluding hydrogens is 1030 g/mol. The minimum atomic E-state index is -0.333. The lowest BCUT2D eigenvalue weighted by molar-refractivity contribution is -0.121. The lowest BCUT2D eigenvalue weighted by Crippen LogP contribution is -2.26. The van der Waals surface area contributed by atoms with Crippen molar-refractivity contribution < 1.29 is 28.8 Å². The van der Waals surface area contributed by atoms with Crippen LogP contribution in [-0.2, 0) is 32.0 Å². The maximum absolute atomic E-state index is 12.5. The Morgan fingerprint density at radius 2 is 0.704 bits per heavy atom. The third kappa shape index (κ3) is 22.2. The fourth-order valence-corrected chi connectivity index (χ4v) is 7.97. The summed E-state index contributed by atoms with van der Waals surface area (Å²) in [6.07, 6.45) is 7.80. The maximum atomic E-state index is 12.5. The molecule has 21 heteroatoms. The lowest BCUT2D eigenvalue weighted by atomic mass is 9.98. The molecule has 0 aliphatic carbocycles. The van der Waals surface area contributed by atoms with Crippen LogP contribution in [0.2, 0.25) is 0 Å². The number of aromatic nitrogens is 9. The zero-order chi connectivity index (χ0) is 58.7. The summed E-state index contributed by atoms with van der Waals surface area (Å²) in [7, 11) is 0. The SMILES string of the molecule is CCCCC(CC)C(=O)Nc1nc(C)nc(NC(=O)C(CC)CCCC)n1.Cc1cccc(C(=O)Nc2nc(C)nc(NC(=O)c3cccc(C)c3)n2)c1.Cc1nc(NC(=O)Cc2ccccc2)nc(NC(=O)Cc2ccccc2)n1. The van der Waals surface area contributed by atoms with E-state index in [9.17, 15) is 28.8 Å². The summed E-state index contributed by atoms with van der Waals surface area (Å²) < 4.78 is 0. The van der Waals surface area contributed by atoms with Gasteiger partial charge in [-0.3, -0.25) is 60.7 Å². The Bertz CT molecular complexity index is 3020. The average molecular weight is 1100 g/mol. The molecule has 0 aliphatic rings. The number of hydrogen-bond donors (Lipinski definition) is 6. The highest BCUT2D eigenvalue weighted by molar-refractivity contribution is 6.05. The van der Waals surface area contributed by atoms with E-state index in [1.807, 2.05) is 100 Å². The number of rotatable bonds is 22. The third-order valence-corrected chi connectivity index (χ3v) is 12.2. The van der Waals surface area contributed by atoms with Gasteiger partial charge < -0.3 is 0 Å². The van der Waals surface area contributed by atoms with Gasteiger partial charge in [0.05, 0.1) is 12.8 Å². The number of carbonyl (C=O) groups excluding carboxylic acids is 6. The highest BCUT2D eigenvalue weighted by Crippen LogP contribution is 2.19. The summed E-state index contributed by atoms with van der Waals surface area (Å²) in [5.41, 5.74) is 4.72. The van der Waals surface area contributed by atoms with E-state index in [4.69, 9.17) is 0 Å². The summed E-state index contributed by atoms with van der Waals surface area (Å²) in [5.74, 6) is 0.571. The second-order valence-corrected chi connectivity index (χ2v) is 19.1. The second kappa shape index (κ2) is 32.6. The van der Waals surface area contributed by atoms with Crippen molar-refractivity contribution >= 4 is 71.1 Å². The van der Waals surface area contributed by atoms with E-state index in [2.05, 4.69) is 90.6 Å². The maximum Gasteiger partial charge on any atom is 0.258 e. The van der Waals surface area contributed by atoms with E-state index in [0.717, 1.165) is 73.6 Å². The number of aryl methyl sites for hydroxylation is 5. The Labute approximate surface area is 473 Å². The number of hydrogen-bond acceptors (Lipinski definition) is 15. The molecule has 6 N–H and O–H groups in total. The Hall–Kier alpha value is -9.27. The number of benzene rings is 4. The molecule has 0 fully saturated rings. The topological polar surface area (TPSA) is 291 Å². The van der Waals surface area contributed by atoms with Crippen molar-refractivity contribution in [2.45, 2.75) is 127 Å². The largest absolute Gasteiger partial charge is 0.294 e. The number of carbonyl (C=O) groups is 6. The average Bonchev–Trinajstić information content (AvgIpc) is 3.42. The van der Waals surface area contributed by atoms with E-state index in [1.54, 1.807) is 57.2 Å². The van der Waals surface area contributed by atoms with Gasteiger partial charge in [-0.1, -0.05) is 149 Å². The lowest BCUT2D eigenvalue weighted by Gasteiger charge is -2.15. The highest BCUT2D eigenvalue weighted by Gasteiger charge is 2.21. The number of nitrogens with zero attached hydrogens (tertiary/aromatic N) is 9. The van der Waals surface area contributed by atoms with E-state index in [0.29, 0.717) is 28.6 Å². The molecule has 2 unspecified atom stereocenters. The molecule has 4 aromatic carbocycles. The Balaban J connectivity index is 0.000000223. The summed E-state index contributed by atoms with van der Waals surface area (Å²) in [4.78, 5) is 111. The van der Waals surface area contributed by atoms with E-state index in [-0.39, 0.29) is 95.8 Å². The molecule has 424 valence electrons. The van der Waals surface area contributed by atoms with Crippen LogP contribution in [0.3, 0.4) is 0 Å². The molecule has 0 aliphatic heterocycles. The first-order valence-electron chi connectivity index (χ1n) is 27.2. The van der Waals surface area contributed by atoms with Crippen LogP contribution < -0.4 is 31.9 Å². The van der Waals surface area contributed by atoms with Gasteiger partial charge in [0.1, 0.15) is 17.5 Å². The van der Waals surface area contributed by atoms with Crippen LogP contribution in [0.4, 0.5) is 35.7 Å². The van der Waals surface area contributed by atoms with E-state index in [1.165, 1.54) is 0 Å². The van der Waals surface area contributed by atoms with Crippen LogP contribution in [0.5, 0.6) is 0 Å². The molecule has 0 saturated carbocycles. The van der Waals surface area contributed by atoms with Gasteiger partial charge in [-0.15, -0.1) is 0 Å². The molecule has 3 heterocycles. The number of unbranched alkanes of at least 4 members (excludes halogenated alkanes) is 2. The van der Waals surface area contributed by atoms with Crippen LogP contribution in [-0.4, -0.2) is 80.3 Å². The molecule has 21 nitrogen and oxygen atoms in total. The van der Waals surface area contributed by atoms with Gasteiger partial charge in [0, 0.05) is 23.0 Å². The summed E-state index contributed by atoms with van der Waals surface area (Å²) >= 11 is 0. The van der Waals surface area contributed by atoms with Crippen LogP contribution in [0.1, 0.15) is 140 Å². The Kier molecular flexibility index (Phi) is 25.2. The predicted octanol–water partition coefficient (Wildman–Crippen LogP) is 10.3. The van der Waals surface area contributed by atoms with Gasteiger partial charge in [0.15, 0.2) is 0 Å². The van der Waals surface area contributed by atoms with Crippen molar-refractivity contribution in [3.8, 4) is 0 Å². The van der Waals surface area contributed by atoms with Gasteiger partial charge in [0.2, 0.25) is 59.3 Å². The monoisotopic (exact) mass is 1100 g/mol. The van der Waals surface area contributed by atoms with Crippen molar-refractivity contribution in [2.75, 3.05) is 31.9 Å². The normalized spacial score (nSPS) is 11.2. The van der Waals surface area contributed by atoms with Crippen molar-refractivity contribution in [3.05, 3.63) is 160 Å². The van der Waals surface area contributed by atoms with Gasteiger partial charge in [0.25, 0.3) is 11.8 Å². The summed E-state index contributed by atoms with van der Waals surface area (Å²) in [6, 6.07) is 33.1. The minimum absolute atomic E-state index is 0.0569. The fourth-order valence-electron chi connectivity index (χ4n) is 7.97. The van der Waals surface area contributed by atoms with Crippen LogP contribution in [0.25, 0.3) is 0 Å². The van der Waals surface area contributed by atoms with Crippen molar-refractivity contribution in [2.24, 2.45) is 11.8 Å². The molecule has 7 aromatic rings. The summed E-state index contributed by atoms with van der Waals surface area (Å²) in [5, 5.41) is 16.1. The standard InChI is InChI=1S/2C20H19N5O2.C20H35N5O2/c1-12-6-4-8-15(10-12)17(26)23-19-21-14(3)22-20(25-19)24-18(27)16-9-5-7-13(2)11-16;1-14-21-19(23-17(26)12-15-8-4-2-5-9-15)25-20(22-14)24-18(27)13-16-10-6-3-7-11-16;1-6-10-12-15(8-3)17(26)23-19-21-14(5)22-20(25-19)24-18(27)16(9-4)13-11-7-2/h4-11H,1-3H3,(H2,21,22,23,24,25,26,27);2-11H,12-13H2,1H3,(H2,21,22,23,24,25,26,27);15-16H,6-13H2,1-5H3,(H2,21,22,23,24,25,26,27). The predicted molar refractivity (Wildman–Crippen MR) is 313 cm³/mol. The molecule has 81 heavy (non-hydrogen) atoms. The van der Waals surface area contributed by atoms with Gasteiger partial charge >= 0.3 is 0 Å². The quantitative estimate of drug-likeness (QED) is 0.0368. The minimum Gasteiger partial charge on any atom is -0.294 e. The number of nitrogens with one attached hydrogen (secondary N) is 6. The van der Waals surface area contributed by atoms with Gasteiger partial charge in [-0.2, -0.15) is 44.9 Å². The molecule has 0 bridgehead atoms.